The van der Waals surface area contributed by atoms with Gasteiger partial charge in [-0.3, -0.25) is 4.79 Å². The lowest BCUT2D eigenvalue weighted by molar-refractivity contribution is -0.125. The minimum absolute atomic E-state index is 0.0430. The number of carbonyl (C=O) groups excluding carboxylic acids is 1. The molecule has 1 unspecified atom stereocenters. The minimum atomic E-state index is -0.507. The number of nitrogens with zero attached hydrogens (tertiary/aromatic N) is 2. The van der Waals surface area contributed by atoms with Crippen LogP contribution in [0.4, 0.5) is 5.69 Å². The van der Waals surface area contributed by atoms with Gasteiger partial charge in [0.25, 0.3) is 5.91 Å². The third kappa shape index (κ3) is 4.26. The number of hydrogen-bond acceptors (Lipinski definition) is 6. The van der Waals surface area contributed by atoms with E-state index in [2.05, 4.69) is 4.98 Å². The molecular weight excluding hydrogens is 400 g/mol. The second-order valence-corrected chi connectivity index (χ2v) is 8.12. The summed E-state index contributed by atoms with van der Waals surface area (Å²) < 4.78 is 16.8. The topological polar surface area (TPSA) is 60.9 Å². The predicted molar refractivity (Wildman–Crippen MR) is 118 cm³/mol. The summed E-state index contributed by atoms with van der Waals surface area (Å²) in [5.41, 5.74) is 2.67. The van der Waals surface area contributed by atoms with Crippen molar-refractivity contribution in [1.29, 1.82) is 0 Å². The standard InChI is InChI=1S/C23H24N2O4S/c1-15-23(26)25(11-4-12-28-19-8-6-18(27-3)7-9-19)21-13-17(5-10-22(21)29-15)20-14-30-16(2)24-20/h5-10,13-15H,4,11-12H2,1-3H3. The van der Waals surface area contributed by atoms with Crippen LogP contribution in [0.5, 0.6) is 17.2 Å². The van der Waals surface area contributed by atoms with E-state index in [9.17, 15) is 4.79 Å². The molecule has 30 heavy (non-hydrogen) atoms. The molecular formula is C23H24N2O4S. The normalized spacial score (nSPS) is 15.5. The maximum absolute atomic E-state index is 12.8. The number of ether oxygens (including phenoxy) is 3. The molecule has 1 aliphatic rings. The van der Waals surface area contributed by atoms with Crippen LogP contribution in [-0.4, -0.2) is 37.3 Å². The molecule has 1 atom stereocenters. The van der Waals surface area contributed by atoms with E-state index >= 15 is 0 Å². The zero-order valence-corrected chi connectivity index (χ0v) is 18.1. The third-order valence-electron chi connectivity index (χ3n) is 4.94. The molecule has 0 N–H and O–H groups in total. The van der Waals surface area contributed by atoms with E-state index in [-0.39, 0.29) is 5.91 Å². The highest BCUT2D eigenvalue weighted by molar-refractivity contribution is 7.09. The molecule has 0 saturated carbocycles. The predicted octanol–water partition coefficient (Wildman–Crippen LogP) is 4.71. The number of methoxy groups -OCH3 is 1. The fourth-order valence-corrected chi connectivity index (χ4v) is 4.00. The Hall–Kier alpha value is -3.06. The molecule has 1 amide bonds. The first kappa shape index (κ1) is 20.2. The van der Waals surface area contributed by atoms with Crippen molar-refractivity contribution < 1.29 is 19.0 Å². The van der Waals surface area contributed by atoms with Crippen LogP contribution in [0.15, 0.2) is 47.8 Å². The lowest BCUT2D eigenvalue weighted by atomic mass is 10.1. The summed E-state index contributed by atoms with van der Waals surface area (Å²) in [5.74, 6) is 2.24. The maximum Gasteiger partial charge on any atom is 0.267 e. The van der Waals surface area contributed by atoms with E-state index in [1.165, 1.54) is 0 Å². The van der Waals surface area contributed by atoms with Gasteiger partial charge in [0.15, 0.2) is 6.10 Å². The number of fused-ring (bicyclic) bond motifs is 1. The number of rotatable bonds is 7. The van der Waals surface area contributed by atoms with Crippen molar-refractivity contribution in [1.82, 2.24) is 4.98 Å². The van der Waals surface area contributed by atoms with Crippen LogP contribution in [0.25, 0.3) is 11.3 Å². The van der Waals surface area contributed by atoms with Gasteiger partial charge < -0.3 is 19.1 Å². The molecule has 3 aromatic rings. The highest BCUT2D eigenvalue weighted by Crippen LogP contribution is 2.37. The molecule has 1 aliphatic heterocycles. The van der Waals surface area contributed by atoms with Gasteiger partial charge in [-0.05, 0) is 62.7 Å². The number of thiazole rings is 1. The van der Waals surface area contributed by atoms with E-state index in [1.54, 1.807) is 30.3 Å². The zero-order valence-electron chi connectivity index (χ0n) is 17.3. The third-order valence-corrected chi connectivity index (χ3v) is 5.71. The van der Waals surface area contributed by atoms with Crippen LogP contribution in [0.2, 0.25) is 0 Å². The number of anilines is 1. The van der Waals surface area contributed by atoms with Gasteiger partial charge in [0.2, 0.25) is 0 Å². The summed E-state index contributed by atoms with van der Waals surface area (Å²) >= 11 is 1.61. The van der Waals surface area contributed by atoms with E-state index in [0.717, 1.165) is 33.5 Å². The lowest BCUT2D eigenvalue weighted by Crippen LogP contribution is -2.45. The fraction of sp³-hybridized carbons (Fsp3) is 0.304. The number of aryl methyl sites for hydroxylation is 1. The second kappa shape index (κ2) is 8.75. The molecule has 0 spiro atoms. The first-order chi connectivity index (χ1) is 14.5. The number of carbonyl (C=O) groups is 1. The van der Waals surface area contributed by atoms with E-state index in [1.807, 2.05) is 54.8 Å². The second-order valence-electron chi connectivity index (χ2n) is 7.06. The Bertz CT molecular complexity index is 1030. The van der Waals surface area contributed by atoms with Gasteiger partial charge in [-0.1, -0.05) is 0 Å². The van der Waals surface area contributed by atoms with Crippen LogP contribution in [-0.2, 0) is 4.79 Å². The number of amides is 1. The van der Waals surface area contributed by atoms with E-state index < -0.39 is 6.10 Å². The largest absolute Gasteiger partial charge is 0.497 e. The van der Waals surface area contributed by atoms with Crippen LogP contribution in [0.1, 0.15) is 18.4 Å². The number of hydrogen-bond donors (Lipinski definition) is 0. The highest BCUT2D eigenvalue weighted by Gasteiger charge is 2.31. The molecule has 2 heterocycles. The van der Waals surface area contributed by atoms with Crippen molar-refractivity contribution >= 4 is 22.9 Å². The van der Waals surface area contributed by atoms with Gasteiger partial charge in [-0.2, -0.15) is 0 Å². The van der Waals surface area contributed by atoms with Gasteiger partial charge in [0, 0.05) is 17.5 Å². The zero-order chi connectivity index (χ0) is 21.1. The Morgan fingerprint density at radius 2 is 1.93 bits per heavy atom. The quantitative estimate of drug-likeness (QED) is 0.514. The molecule has 0 bridgehead atoms. The molecule has 0 fully saturated rings. The summed E-state index contributed by atoms with van der Waals surface area (Å²) in [7, 11) is 1.63. The Kier molecular flexibility index (Phi) is 5.90. The molecule has 156 valence electrons. The maximum atomic E-state index is 12.8. The van der Waals surface area contributed by atoms with Crippen LogP contribution >= 0.6 is 11.3 Å². The summed E-state index contributed by atoms with van der Waals surface area (Å²) in [5, 5.41) is 3.04. The molecule has 1 aromatic heterocycles. The number of aromatic nitrogens is 1. The van der Waals surface area contributed by atoms with Crippen LogP contribution in [0.3, 0.4) is 0 Å². The first-order valence-electron chi connectivity index (χ1n) is 9.86. The fourth-order valence-electron chi connectivity index (χ4n) is 3.38. The van der Waals surface area contributed by atoms with Crippen molar-refractivity contribution in [2.24, 2.45) is 0 Å². The van der Waals surface area contributed by atoms with Crippen LogP contribution in [0, 0.1) is 6.92 Å². The molecule has 2 aromatic carbocycles. The molecule has 0 aliphatic carbocycles. The van der Waals surface area contributed by atoms with Crippen LogP contribution < -0.4 is 19.1 Å². The molecule has 4 rings (SSSR count). The minimum Gasteiger partial charge on any atom is -0.497 e. The van der Waals surface area contributed by atoms with E-state index in [0.29, 0.717) is 25.3 Å². The van der Waals surface area contributed by atoms with Crippen molar-refractivity contribution in [3.05, 3.63) is 52.9 Å². The Morgan fingerprint density at radius 3 is 2.63 bits per heavy atom. The monoisotopic (exact) mass is 424 g/mol. The Balaban J connectivity index is 1.46. The average molecular weight is 425 g/mol. The average Bonchev–Trinajstić information content (AvgIpc) is 3.20. The van der Waals surface area contributed by atoms with Crippen molar-refractivity contribution in [3.8, 4) is 28.5 Å². The lowest BCUT2D eigenvalue weighted by Gasteiger charge is -2.33. The van der Waals surface area contributed by atoms with Crippen molar-refractivity contribution in [3.63, 3.8) is 0 Å². The summed E-state index contributed by atoms with van der Waals surface area (Å²) in [6.07, 6.45) is 0.191. The summed E-state index contributed by atoms with van der Waals surface area (Å²) in [6.45, 7) is 4.82. The van der Waals surface area contributed by atoms with Gasteiger partial charge >= 0.3 is 0 Å². The van der Waals surface area contributed by atoms with Gasteiger partial charge in [-0.15, -0.1) is 11.3 Å². The SMILES string of the molecule is COc1ccc(OCCCN2C(=O)C(C)Oc3ccc(-c4csc(C)n4)cc32)cc1. The summed E-state index contributed by atoms with van der Waals surface area (Å²) in [6, 6.07) is 13.4. The van der Waals surface area contributed by atoms with E-state index in [4.69, 9.17) is 14.2 Å². The smallest absolute Gasteiger partial charge is 0.267 e. The molecule has 0 radical (unpaired) electrons. The van der Waals surface area contributed by atoms with Crippen molar-refractivity contribution in [2.45, 2.75) is 26.4 Å². The van der Waals surface area contributed by atoms with Gasteiger partial charge in [0.1, 0.15) is 17.2 Å². The first-order valence-corrected chi connectivity index (χ1v) is 10.7. The Morgan fingerprint density at radius 1 is 1.17 bits per heavy atom. The molecule has 0 saturated heterocycles. The highest BCUT2D eigenvalue weighted by atomic mass is 32.1. The van der Waals surface area contributed by atoms with Gasteiger partial charge in [-0.25, -0.2) is 4.98 Å². The summed E-state index contributed by atoms with van der Waals surface area (Å²) in [4.78, 5) is 19.2. The molecule has 6 nitrogen and oxygen atoms in total. The van der Waals surface area contributed by atoms with Gasteiger partial charge in [0.05, 0.1) is 30.1 Å². The van der Waals surface area contributed by atoms with Crippen molar-refractivity contribution in [2.75, 3.05) is 25.2 Å². The number of benzene rings is 2. The molecule has 7 heteroatoms. The Labute approximate surface area is 180 Å².